The van der Waals surface area contributed by atoms with E-state index in [2.05, 4.69) is 27.4 Å². The van der Waals surface area contributed by atoms with E-state index in [1.807, 2.05) is 6.92 Å². The molecule has 2 heterocycles. The minimum Gasteiger partial charge on any atom is -0.354 e. The molecular formula is C15H18N4O2S. The van der Waals surface area contributed by atoms with Crippen LogP contribution in [0.5, 0.6) is 0 Å². The molecule has 1 aliphatic carbocycles. The van der Waals surface area contributed by atoms with Gasteiger partial charge in [0.2, 0.25) is 5.13 Å². The van der Waals surface area contributed by atoms with Crippen LogP contribution in [-0.4, -0.2) is 26.9 Å². The molecule has 0 bridgehead atoms. The molecule has 0 aromatic carbocycles. The van der Waals surface area contributed by atoms with Crippen molar-refractivity contribution in [3.8, 4) is 0 Å². The lowest BCUT2D eigenvalue weighted by atomic mass is 9.94. The van der Waals surface area contributed by atoms with Crippen molar-refractivity contribution in [2.45, 2.75) is 46.0 Å². The number of fused-ring (bicyclic) bond motifs is 1. The molecule has 0 saturated heterocycles. The van der Waals surface area contributed by atoms with Crippen LogP contribution in [0.4, 0.5) is 5.13 Å². The fourth-order valence-electron chi connectivity index (χ4n) is 2.78. The quantitative estimate of drug-likeness (QED) is 0.907. The fraction of sp³-hybridized carbons (Fsp3) is 0.467. The molecule has 1 amide bonds. The molecule has 3 rings (SSSR count). The Morgan fingerprint density at radius 2 is 2.18 bits per heavy atom. The molecule has 1 aliphatic rings. The third-order valence-electron chi connectivity index (χ3n) is 3.82. The van der Waals surface area contributed by atoms with E-state index in [1.165, 1.54) is 11.3 Å². The van der Waals surface area contributed by atoms with E-state index in [1.54, 1.807) is 0 Å². The Balaban J connectivity index is 1.81. The normalized spacial score (nSPS) is 14.0. The zero-order chi connectivity index (χ0) is 15.7. The van der Waals surface area contributed by atoms with Gasteiger partial charge in [-0.1, -0.05) is 18.3 Å². The number of nitrogens with zero attached hydrogens (tertiary/aromatic N) is 2. The van der Waals surface area contributed by atoms with Crippen LogP contribution in [0.2, 0.25) is 0 Å². The molecule has 0 aliphatic heterocycles. The first-order valence-electron chi connectivity index (χ1n) is 7.48. The van der Waals surface area contributed by atoms with Gasteiger partial charge in [-0.15, -0.1) is 10.2 Å². The average Bonchev–Trinajstić information content (AvgIpc) is 3.05. The van der Waals surface area contributed by atoms with Gasteiger partial charge in [-0.05, 0) is 31.7 Å². The molecule has 2 aromatic heterocycles. The lowest BCUT2D eigenvalue weighted by Crippen LogP contribution is -2.13. The summed E-state index contributed by atoms with van der Waals surface area (Å²) in [6, 6.07) is 0. The molecule has 0 atom stereocenters. The number of aromatic amines is 1. The highest BCUT2D eigenvalue weighted by Crippen LogP contribution is 2.27. The topological polar surface area (TPSA) is 87.7 Å². The number of Topliss-reactive ketones (excluding diaryl/α,β-unsaturated/α-hetero) is 1. The second-order valence-electron chi connectivity index (χ2n) is 5.46. The van der Waals surface area contributed by atoms with E-state index in [0.717, 1.165) is 41.9 Å². The van der Waals surface area contributed by atoms with Crippen LogP contribution in [0.3, 0.4) is 0 Å². The summed E-state index contributed by atoms with van der Waals surface area (Å²) in [5.74, 6) is -0.144. The summed E-state index contributed by atoms with van der Waals surface area (Å²) in [5, 5.41) is 12.2. The molecule has 0 spiro atoms. The van der Waals surface area contributed by atoms with Crippen LogP contribution in [0, 0.1) is 6.92 Å². The first kappa shape index (κ1) is 14.9. The number of carbonyl (C=O) groups is 2. The molecule has 22 heavy (non-hydrogen) atoms. The van der Waals surface area contributed by atoms with Gasteiger partial charge < -0.3 is 4.98 Å². The molecule has 6 nitrogen and oxygen atoms in total. The highest BCUT2D eigenvalue weighted by molar-refractivity contribution is 7.15. The van der Waals surface area contributed by atoms with Crippen molar-refractivity contribution in [3.63, 3.8) is 0 Å². The average molecular weight is 318 g/mol. The molecular weight excluding hydrogens is 300 g/mol. The van der Waals surface area contributed by atoms with Crippen molar-refractivity contribution >= 4 is 28.2 Å². The van der Waals surface area contributed by atoms with Crippen LogP contribution in [0.1, 0.15) is 63.3 Å². The van der Waals surface area contributed by atoms with E-state index >= 15 is 0 Å². The van der Waals surface area contributed by atoms with Gasteiger partial charge in [0, 0.05) is 24.1 Å². The predicted octanol–water partition coefficient (Wildman–Crippen LogP) is 2.90. The smallest absolute Gasteiger partial charge is 0.274 e. The van der Waals surface area contributed by atoms with Crippen LogP contribution >= 0.6 is 11.3 Å². The van der Waals surface area contributed by atoms with Crippen molar-refractivity contribution in [2.24, 2.45) is 0 Å². The largest absolute Gasteiger partial charge is 0.354 e. The maximum absolute atomic E-state index is 12.4. The Hall–Kier alpha value is -2.02. The first-order valence-corrected chi connectivity index (χ1v) is 8.30. The number of nitrogens with one attached hydrogen (secondary N) is 2. The van der Waals surface area contributed by atoms with E-state index in [4.69, 9.17) is 0 Å². The zero-order valence-corrected chi connectivity index (χ0v) is 13.5. The van der Waals surface area contributed by atoms with Crippen LogP contribution in [-0.2, 0) is 12.8 Å². The monoisotopic (exact) mass is 318 g/mol. The minimum atomic E-state index is -0.265. The third-order valence-corrected chi connectivity index (χ3v) is 4.71. The first-order chi connectivity index (χ1) is 10.6. The summed E-state index contributed by atoms with van der Waals surface area (Å²) < 4.78 is 0. The predicted molar refractivity (Wildman–Crippen MR) is 84.7 cm³/mol. The molecule has 0 radical (unpaired) electrons. The SMILES string of the molecule is CCCc1nnc(NC(=O)c2[nH]c3c(c2C)C(=O)CCC3)s1. The Morgan fingerprint density at radius 1 is 1.36 bits per heavy atom. The van der Waals surface area contributed by atoms with E-state index < -0.39 is 0 Å². The summed E-state index contributed by atoms with van der Waals surface area (Å²) in [4.78, 5) is 27.5. The Labute approximate surface area is 132 Å². The number of H-pyrrole nitrogens is 1. The maximum Gasteiger partial charge on any atom is 0.274 e. The van der Waals surface area contributed by atoms with E-state index in [9.17, 15) is 9.59 Å². The number of hydrogen-bond donors (Lipinski definition) is 2. The number of rotatable bonds is 4. The number of ketones is 1. The third kappa shape index (κ3) is 2.68. The summed E-state index contributed by atoms with van der Waals surface area (Å²) in [7, 11) is 0. The number of aromatic nitrogens is 3. The van der Waals surface area contributed by atoms with Gasteiger partial charge >= 0.3 is 0 Å². The number of anilines is 1. The lowest BCUT2D eigenvalue weighted by Gasteiger charge is -2.09. The molecule has 0 fully saturated rings. The highest BCUT2D eigenvalue weighted by Gasteiger charge is 2.26. The maximum atomic E-state index is 12.4. The van der Waals surface area contributed by atoms with Crippen LogP contribution < -0.4 is 5.32 Å². The molecule has 116 valence electrons. The lowest BCUT2D eigenvalue weighted by molar-refractivity contribution is 0.0971. The standard InChI is InChI=1S/C15H18N4O2S/c1-3-5-11-18-19-15(22-11)17-14(21)13-8(2)12-9(16-13)6-4-7-10(12)20/h16H,3-7H2,1-2H3,(H,17,19,21). The Morgan fingerprint density at radius 3 is 2.91 bits per heavy atom. The molecule has 2 N–H and O–H groups in total. The zero-order valence-electron chi connectivity index (χ0n) is 12.7. The second-order valence-corrected chi connectivity index (χ2v) is 6.52. The number of carbonyl (C=O) groups excluding carboxylic acids is 2. The van der Waals surface area contributed by atoms with Crippen LogP contribution in [0.25, 0.3) is 0 Å². The fourth-order valence-corrected chi connectivity index (χ4v) is 3.62. The molecule has 2 aromatic rings. The van der Waals surface area contributed by atoms with Gasteiger partial charge in [0.1, 0.15) is 10.7 Å². The van der Waals surface area contributed by atoms with Gasteiger partial charge in [0.15, 0.2) is 5.78 Å². The second kappa shape index (κ2) is 6.00. The summed E-state index contributed by atoms with van der Waals surface area (Å²) in [6.45, 7) is 3.89. The highest BCUT2D eigenvalue weighted by atomic mass is 32.1. The number of aryl methyl sites for hydroxylation is 2. The number of hydrogen-bond acceptors (Lipinski definition) is 5. The van der Waals surface area contributed by atoms with Crippen LogP contribution in [0.15, 0.2) is 0 Å². The summed E-state index contributed by atoms with van der Waals surface area (Å²) in [5.41, 5.74) is 2.76. The molecule has 0 unspecified atom stereocenters. The van der Waals surface area contributed by atoms with Gasteiger partial charge in [-0.3, -0.25) is 14.9 Å². The van der Waals surface area contributed by atoms with Gasteiger partial charge in [0.05, 0.1) is 0 Å². The van der Waals surface area contributed by atoms with E-state index in [0.29, 0.717) is 22.8 Å². The van der Waals surface area contributed by atoms with Crippen molar-refractivity contribution in [1.82, 2.24) is 15.2 Å². The van der Waals surface area contributed by atoms with Gasteiger partial charge in [-0.2, -0.15) is 0 Å². The summed E-state index contributed by atoms with van der Waals surface area (Å²) in [6.07, 6.45) is 4.06. The summed E-state index contributed by atoms with van der Waals surface area (Å²) >= 11 is 1.39. The van der Waals surface area contributed by atoms with Gasteiger partial charge in [-0.25, -0.2) is 0 Å². The number of amides is 1. The Kier molecular flexibility index (Phi) is 4.06. The van der Waals surface area contributed by atoms with Crippen molar-refractivity contribution in [3.05, 3.63) is 27.5 Å². The molecule has 7 heteroatoms. The Bertz CT molecular complexity index is 732. The van der Waals surface area contributed by atoms with Gasteiger partial charge in [0.25, 0.3) is 5.91 Å². The van der Waals surface area contributed by atoms with Crippen molar-refractivity contribution in [2.75, 3.05) is 5.32 Å². The van der Waals surface area contributed by atoms with Crippen molar-refractivity contribution in [1.29, 1.82) is 0 Å². The minimum absolute atomic E-state index is 0.121. The van der Waals surface area contributed by atoms with Crippen molar-refractivity contribution < 1.29 is 9.59 Å². The van der Waals surface area contributed by atoms with E-state index in [-0.39, 0.29) is 11.7 Å². The molecule has 0 saturated carbocycles.